The van der Waals surface area contributed by atoms with Gasteiger partial charge in [0.1, 0.15) is 0 Å². The largest absolute Gasteiger partial charge is 0.481 e. The van der Waals surface area contributed by atoms with Crippen LogP contribution >= 0.6 is 11.8 Å². The van der Waals surface area contributed by atoms with Crippen LogP contribution in [0.4, 0.5) is 0 Å². The Balaban J connectivity index is 2.08. The second kappa shape index (κ2) is 6.98. The molecule has 2 atom stereocenters. The zero-order valence-electron chi connectivity index (χ0n) is 12.3. The number of hydrogen-bond acceptors (Lipinski definition) is 3. The maximum absolute atomic E-state index is 12.2. The minimum Gasteiger partial charge on any atom is -0.481 e. The molecule has 2 rings (SSSR count). The molecule has 114 valence electrons. The maximum Gasteiger partial charge on any atom is 0.305 e. The highest BCUT2D eigenvalue weighted by Crippen LogP contribution is 2.37. The third-order valence-electron chi connectivity index (χ3n) is 3.96. The predicted octanol–water partition coefficient (Wildman–Crippen LogP) is 3.09. The second-order valence-corrected chi connectivity index (χ2v) is 6.44. The summed E-state index contributed by atoms with van der Waals surface area (Å²) in [6.45, 7) is 1.92. The Kier molecular flexibility index (Phi) is 5.28. The highest BCUT2D eigenvalue weighted by molar-refractivity contribution is 7.98. The molecule has 0 saturated heterocycles. The molecule has 0 aromatic heterocycles. The average molecular weight is 307 g/mol. The van der Waals surface area contributed by atoms with Crippen LogP contribution in [0.2, 0.25) is 0 Å². The van der Waals surface area contributed by atoms with Crippen LogP contribution in [0.25, 0.3) is 0 Å². The number of carbonyl (C=O) groups is 2. The fourth-order valence-electron chi connectivity index (χ4n) is 2.38. The Labute approximate surface area is 129 Å². The van der Waals surface area contributed by atoms with E-state index in [2.05, 4.69) is 5.32 Å². The van der Waals surface area contributed by atoms with E-state index in [-0.39, 0.29) is 18.2 Å². The normalized spacial score (nSPS) is 17.0. The molecule has 5 heteroatoms. The third-order valence-corrected chi connectivity index (χ3v) is 4.70. The van der Waals surface area contributed by atoms with E-state index in [0.717, 1.165) is 23.3 Å². The van der Waals surface area contributed by atoms with Gasteiger partial charge in [-0.25, -0.2) is 0 Å². The number of hydrogen-bond donors (Lipinski definition) is 2. The molecular formula is C16H21NO3S. The minimum absolute atomic E-state index is 0.0354. The molecule has 0 radical (unpaired) electrons. The number of carboxylic acid groups (broad SMARTS) is 1. The Bertz CT molecular complexity index is 511. The lowest BCUT2D eigenvalue weighted by atomic mass is 10.0. The number of rotatable bonds is 7. The van der Waals surface area contributed by atoms with Gasteiger partial charge in [0.15, 0.2) is 0 Å². The summed E-state index contributed by atoms with van der Waals surface area (Å²) in [5.74, 6) is -0.521. The molecule has 0 spiro atoms. The fraction of sp³-hybridized carbons (Fsp3) is 0.500. The van der Waals surface area contributed by atoms with Crippen molar-refractivity contribution < 1.29 is 14.7 Å². The highest BCUT2D eigenvalue weighted by atomic mass is 32.2. The summed E-state index contributed by atoms with van der Waals surface area (Å²) in [4.78, 5) is 24.4. The summed E-state index contributed by atoms with van der Waals surface area (Å²) < 4.78 is 0. The zero-order chi connectivity index (χ0) is 15.4. The molecule has 1 aliphatic carbocycles. The molecule has 1 saturated carbocycles. The van der Waals surface area contributed by atoms with E-state index in [0.29, 0.717) is 5.92 Å². The van der Waals surface area contributed by atoms with Gasteiger partial charge < -0.3 is 10.4 Å². The van der Waals surface area contributed by atoms with Gasteiger partial charge in [-0.3, -0.25) is 9.59 Å². The smallest absolute Gasteiger partial charge is 0.305 e. The van der Waals surface area contributed by atoms with Crippen molar-refractivity contribution in [2.24, 2.45) is 11.8 Å². The molecule has 0 heterocycles. The first-order valence-electron chi connectivity index (χ1n) is 7.17. The molecule has 1 aromatic rings. The first-order valence-corrected chi connectivity index (χ1v) is 8.40. The van der Waals surface area contributed by atoms with E-state index in [1.807, 2.05) is 37.4 Å². The first-order chi connectivity index (χ1) is 10.0. The van der Waals surface area contributed by atoms with Crippen molar-refractivity contribution in [3.05, 3.63) is 29.8 Å². The summed E-state index contributed by atoms with van der Waals surface area (Å²) >= 11 is 1.63. The van der Waals surface area contributed by atoms with E-state index in [9.17, 15) is 9.59 Å². The van der Waals surface area contributed by atoms with E-state index in [1.54, 1.807) is 11.8 Å². The van der Waals surface area contributed by atoms with Crippen LogP contribution in [0.5, 0.6) is 0 Å². The van der Waals surface area contributed by atoms with Gasteiger partial charge in [0, 0.05) is 10.8 Å². The van der Waals surface area contributed by atoms with Crippen LogP contribution in [-0.2, 0) is 9.59 Å². The molecule has 0 aliphatic heterocycles. The van der Waals surface area contributed by atoms with Gasteiger partial charge in [-0.1, -0.05) is 19.1 Å². The van der Waals surface area contributed by atoms with Crippen LogP contribution in [-0.4, -0.2) is 23.2 Å². The number of amides is 1. The number of thioether (sulfide) groups is 1. The number of aliphatic carboxylic acids is 1. The van der Waals surface area contributed by atoms with Gasteiger partial charge in [0.05, 0.1) is 12.5 Å². The Morgan fingerprint density at radius 2 is 1.95 bits per heavy atom. The molecule has 2 unspecified atom stereocenters. The lowest BCUT2D eigenvalue weighted by Crippen LogP contribution is -2.34. The van der Waals surface area contributed by atoms with Crippen molar-refractivity contribution in [3.63, 3.8) is 0 Å². The molecule has 0 bridgehead atoms. The predicted molar refractivity (Wildman–Crippen MR) is 83.2 cm³/mol. The van der Waals surface area contributed by atoms with Crippen LogP contribution in [0.3, 0.4) is 0 Å². The molecule has 1 amide bonds. The van der Waals surface area contributed by atoms with E-state index < -0.39 is 12.0 Å². The third kappa shape index (κ3) is 4.49. The highest BCUT2D eigenvalue weighted by Gasteiger charge is 2.33. The summed E-state index contributed by atoms with van der Waals surface area (Å²) in [5, 5.41) is 12.0. The van der Waals surface area contributed by atoms with Crippen molar-refractivity contribution in [1.82, 2.24) is 5.32 Å². The van der Waals surface area contributed by atoms with Crippen molar-refractivity contribution in [3.8, 4) is 0 Å². The summed E-state index contributed by atoms with van der Waals surface area (Å²) in [7, 11) is 0. The maximum atomic E-state index is 12.2. The van der Waals surface area contributed by atoms with E-state index >= 15 is 0 Å². The Morgan fingerprint density at radius 3 is 2.43 bits per heavy atom. The van der Waals surface area contributed by atoms with Crippen molar-refractivity contribution in [1.29, 1.82) is 0 Å². The van der Waals surface area contributed by atoms with E-state index in [4.69, 9.17) is 5.11 Å². The molecule has 1 aromatic carbocycles. The van der Waals surface area contributed by atoms with Gasteiger partial charge in [0.25, 0.3) is 0 Å². The SMILES string of the molecule is CSc1ccc(C(CC(=O)O)NC(=O)C(C)C2CC2)cc1. The van der Waals surface area contributed by atoms with Gasteiger partial charge in [-0.15, -0.1) is 11.8 Å². The summed E-state index contributed by atoms with van der Waals surface area (Å²) in [5.41, 5.74) is 0.839. The van der Waals surface area contributed by atoms with Crippen LogP contribution in [0.1, 0.15) is 37.8 Å². The monoisotopic (exact) mass is 307 g/mol. The lowest BCUT2D eigenvalue weighted by Gasteiger charge is -2.20. The van der Waals surface area contributed by atoms with Gasteiger partial charge in [-0.2, -0.15) is 0 Å². The zero-order valence-corrected chi connectivity index (χ0v) is 13.2. The van der Waals surface area contributed by atoms with Gasteiger partial charge in [0.2, 0.25) is 5.91 Å². The average Bonchev–Trinajstić information content (AvgIpc) is 3.30. The number of benzene rings is 1. The van der Waals surface area contributed by atoms with Crippen molar-refractivity contribution in [2.45, 2.75) is 37.1 Å². The fourth-order valence-corrected chi connectivity index (χ4v) is 2.78. The minimum atomic E-state index is -0.909. The molecule has 21 heavy (non-hydrogen) atoms. The van der Waals surface area contributed by atoms with Crippen molar-refractivity contribution in [2.75, 3.05) is 6.26 Å². The molecule has 4 nitrogen and oxygen atoms in total. The lowest BCUT2D eigenvalue weighted by molar-refractivity contribution is -0.138. The van der Waals surface area contributed by atoms with E-state index in [1.165, 1.54) is 0 Å². The Morgan fingerprint density at radius 1 is 1.33 bits per heavy atom. The topological polar surface area (TPSA) is 66.4 Å². The van der Waals surface area contributed by atoms with Gasteiger partial charge >= 0.3 is 5.97 Å². The summed E-state index contributed by atoms with van der Waals surface area (Å²) in [6.07, 6.45) is 4.09. The molecule has 1 aliphatic rings. The van der Waals surface area contributed by atoms with Crippen molar-refractivity contribution >= 4 is 23.6 Å². The number of nitrogens with one attached hydrogen (secondary N) is 1. The molecule has 2 N–H and O–H groups in total. The molecule has 1 fully saturated rings. The quantitative estimate of drug-likeness (QED) is 0.760. The van der Waals surface area contributed by atoms with Gasteiger partial charge in [-0.05, 0) is 42.7 Å². The second-order valence-electron chi connectivity index (χ2n) is 5.56. The standard InChI is InChI=1S/C16H21NO3S/c1-10(11-3-4-11)16(20)17-14(9-15(18)19)12-5-7-13(21-2)8-6-12/h5-8,10-11,14H,3-4,9H2,1-2H3,(H,17,20)(H,18,19). The van der Waals surface area contributed by atoms with Crippen LogP contribution in [0.15, 0.2) is 29.2 Å². The molecular weight excluding hydrogens is 286 g/mol. The summed E-state index contributed by atoms with van der Waals surface area (Å²) in [6, 6.07) is 7.21. The van der Waals surface area contributed by atoms with Crippen LogP contribution < -0.4 is 5.32 Å². The Hall–Kier alpha value is -1.49. The first kappa shape index (κ1) is 15.9. The number of carbonyl (C=O) groups excluding carboxylic acids is 1. The van der Waals surface area contributed by atoms with Crippen LogP contribution in [0, 0.1) is 11.8 Å². The number of carboxylic acids is 1.